The summed E-state index contributed by atoms with van der Waals surface area (Å²) in [5, 5.41) is 10.3. The molecule has 1 atom stereocenters. The first-order chi connectivity index (χ1) is 10.3. The van der Waals surface area contributed by atoms with Crippen molar-refractivity contribution in [1.29, 1.82) is 0 Å². The molecule has 1 aliphatic carbocycles. The summed E-state index contributed by atoms with van der Waals surface area (Å²) in [4.78, 5) is 25.4. The number of cyclic esters (lactones) is 1. The van der Waals surface area contributed by atoms with Gasteiger partial charge in [0.25, 0.3) is 5.91 Å². The standard InChI is InChI=1S/C15H21F2NO4/c16-15(17,14(21)6-2-1-3-7-14)11(19)18-9-4-5-13(18)8-10-22-12(13)20/h21H,1-10H2. The van der Waals surface area contributed by atoms with Crippen molar-refractivity contribution >= 4 is 11.9 Å². The molecule has 0 aromatic rings. The van der Waals surface area contributed by atoms with Crippen LogP contribution in [0.4, 0.5) is 8.78 Å². The first-order valence-electron chi connectivity index (χ1n) is 7.93. The number of rotatable bonds is 2. The van der Waals surface area contributed by atoms with Crippen molar-refractivity contribution in [2.75, 3.05) is 13.2 Å². The Balaban J connectivity index is 1.87. The second-order valence-electron chi connectivity index (χ2n) is 6.64. The maximum absolute atomic E-state index is 14.7. The van der Waals surface area contributed by atoms with Crippen molar-refractivity contribution in [3.63, 3.8) is 0 Å². The minimum absolute atomic E-state index is 0.0863. The van der Waals surface area contributed by atoms with Crippen molar-refractivity contribution in [2.45, 2.75) is 68.4 Å². The number of nitrogens with zero attached hydrogens (tertiary/aromatic N) is 1. The van der Waals surface area contributed by atoms with Gasteiger partial charge in [0.2, 0.25) is 0 Å². The van der Waals surface area contributed by atoms with Crippen LogP contribution in [0.3, 0.4) is 0 Å². The number of hydrogen-bond donors (Lipinski definition) is 1. The number of esters is 1. The average Bonchev–Trinajstić information content (AvgIpc) is 3.07. The van der Waals surface area contributed by atoms with Crippen LogP contribution in [0.25, 0.3) is 0 Å². The van der Waals surface area contributed by atoms with E-state index in [0.29, 0.717) is 25.7 Å². The van der Waals surface area contributed by atoms with Gasteiger partial charge < -0.3 is 14.7 Å². The van der Waals surface area contributed by atoms with E-state index in [1.165, 1.54) is 0 Å². The molecule has 7 heteroatoms. The summed E-state index contributed by atoms with van der Waals surface area (Å²) in [6.45, 7) is 0.262. The SMILES string of the molecule is O=C1OCCC12CCCN2C(=O)C(F)(F)C1(O)CCCCC1. The number of carbonyl (C=O) groups excluding carboxylic acids is 2. The van der Waals surface area contributed by atoms with E-state index in [-0.39, 0.29) is 32.4 Å². The molecule has 2 heterocycles. The molecule has 2 aliphatic heterocycles. The Morgan fingerprint density at radius 1 is 1.14 bits per heavy atom. The number of alkyl halides is 2. The van der Waals surface area contributed by atoms with Gasteiger partial charge in [-0.25, -0.2) is 4.79 Å². The lowest BCUT2D eigenvalue weighted by Gasteiger charge is -2.41. The fraction of sp³-hybridized carbons (Fsp3) is 0.867. The second kappa shape index (κ2) is 5.15. The van der Waals surface area contributed by atoms with Gasteiger partial charge in [-0.1, -0.05) is 19.3 Å². The summed E-state index contributed by atoms with van der Waals surface area (Å²) < 4.78 is 34.3. The van der Waals surface area contributed by atoms with Gasteiger partial charge in [0, 0.05) is 13.0 Å². The molecular formula is C15H21F2NO4. The van der Waals surface area contributed by atoms with Crippen molar-refractivity contribution in [3.8, 4) is 0 Å². The molecule has 3 aliphatic rings. The maximum atomic E-state index is 14.7. The fourth-order valence-electron chi connectivity index (χ4n) is 4.01. The zero-order chi connectivity index (χ0) is 16.0. The lowest BCUT2D eigenvalue weighted by atomic mass is 9.79. The lowest BCUT2D eigenvalue weighted by molar-refractivity contribution is -0.213. The third kappa shape index (κ3) is 2.05. The number of carbonyl (C=O) groups is 2. The highest BCUT2D eigenvalue weighted by Gasteiger charge is 2.64. The maximum Gasteiger partial charge on any atom is 0.352 e. The molecule has 1 saturated carbocycles. The number of amides is 1. The van der Waals surface area contributed by atoms with E-state index in [0.717, 1.165) is 11.3 Å². The topological polar surface area (TPSA) is 66.8 Å². The average molecular weight is 317 g/mol. The van der Waals surface area contributed by atoms with Crippen LogP contribution in [-0.4, -0.2) is 52.1 Å². The molecular weight excluding hydrogens is 296 g/mol. The number of likely N-dealkylation sites (tertiary alicyclic amines) is 1. The summed E-state index contributed by atoms with van der Waals surface area (Å²) in [5.74, 6) is -5.88. The first-order valence-corrected chi connectivity index (χ1v) is 7.93. The third-order valence-electron chi connectivity index (χ3n) is 5.40. The monoisotopic (exact) mass is 317 g/mol. The Bertz CT molecular complexity index is 486. The molecule has 1 N–H and O–H groups in total. The normalized spacial score (nSPS) is 31.6. The predicted octanol–water partition coefficient (Wildman–Crippen LogP) is 1.62. The van der Waals surface area contributed by atoms with Gasteiger partial charge in [-0.05, 0) is 25.7 Å². The molecule has 0 bridgehead atoms. The zero-order valence-corrected chi connectivity index (χ0v) is 12.4. The number of hydrogen-bond acceptors (Lipinski definition) is 4. The zero-order valence-electron chi connectivity index (χ0n) is 12.4. The van der Waals surface area contributed by atoms with Crippen LogP contribution >= 0.6 is 0 Å². The molecule has 1 spiro atoms. The highest BCUT2D eigenvalue weighted by molar-refractivity contribution is 5.93. The lowest BCUT2D eigenvalue weighted by Crippen LogP contribution is -2.63. The number of ether oxygens (including phenoxy) is 1. The largest absolute Gasteiger partial charge is 0.464 e. The van der Waals surface area contributed by atoms with E-state index in [1.807, 2.05) is 0 Å². The Labute approximate surface area is 127 Å². The molecule has 0 aromatic carbocycles. The van der Waals surface area contributed by atoms with Gasteiger partial charge in [-0.2, -0.15) is 8.78 Å². The Morgan fingerprint density at radius 3 is 2.41 bits per heavy atom. The van der Waals surface area contributed by atoms with Gasteiger partial charge >= 0.3 is 11.9 Å². The summed E-state index contributed by atoms with van der Waals surface area (Å²) in [6.07, 6.45) is 2.67. The van der Waals surface area contributed by atoms with E-state index < -0.39 is 28.9 Å². The summed E-state index contributed by atoms with van der Waals surface area (Å²) in [7, 11) is 0. The van der Waals surface area contributed by atoms with Crippen LogP contribution in [0.5, 0.6) is 0 Å². The minimum Gasteiger partial charge on any atom is -0.464 e. The predicted molar refractivity (Wildman–Crippen MR) is 72.2 cm³/mol. The van der Waals surface area contributed by atoms with E-state index >= 15 is 0 Å². The highest BCUT2D eigenvalue weighted by Crippen LogP contribution is 2.45. The third-order valence-corrected chi connectivity index (χ3v) is 5.40. The van der Waals surface area contributed by atoms with E-state index in [9.17, 15) is 23.5 Å². The van der Waals surface area contributed by atoms with Crippen LogP contribution in [0.15, 0.2) is 0 Å². The molecule has 0 radical (unpaired) electrons. The molecule has 3 fully saturated rings. The molecule has 3 rings (SSSR count). The van der Waals surface area contributed by atoms with Crippen molar-refractivity contribution in [3.05, 3.63) is 0 Å². The van der Waals surface area contributed by atoms with Gasteiger partial charge in [0.15, 0.2) is 0 Å². The summed E-state index contributed by atoms with van der Waals surface area (Å²) in [5.41, 5.74) is -3.54. The molecule has 124 valence electrons. The molecule has 5 nitrogen and oxygen atoms in total. The molecule has 22 heavy (non-hydrogen) atoms. The second-order valence-corrected chi connectivity index (χ2v) is 6.64. The van der Waals surface area contributed by atoms with Crippen LogP contribution in [-0.2, 0) is 14.3 Å². The number of halogens is 2. The van der Waals surface area contributed by atoms with Crippen molar-refractivity contribution in [2.24, 2.45) is 0 Å². The summed E-state index contributed by atoms with van der Waals surface area (Å²) in [6, 6.07) is 0. The number of aliphatic hydroxyl groups is 1. The van der Waals surface area contributed by atoms with E-state index in [4.69, 9.17) is 4.74 Å². The fourth-order valence-corrected chi connectivity index (χ4v) is 4.01. The minimum atomic E-state index is -3.87. The van der Waals surface area contributed by atoms with Crippen molar-refractivity contribution < 1.29 is 28.2 Å². The molecule has 0 aromatic heterocycles. The van der Waals surface area contributed by atoms with Gasteiger partial charge in [0.05, 0.1) is 6.61 Å². The Kier molecular flexibility index (Phi) is 3.66. The van der Waals surface area contributed by atoms with Gasteiger partial charge in [0.1, 0.15) is 11.1 Å². The molecule has 2 saturated heterocycles. The van der Waals surface area contributed by atoms with Crippen LogP contribution in [0.2, 0.25) is 0 Å². The highest BCUT2D eigenvalue weighted by atomic mass is 19.3. The molecule has 1 unspecified atom stereocenters. The Hall–Kier alpha value is -1.24. The smallest absolute Gasteiger partial charge is 0.352 e. The molecule has 1 amide bonds. The van der Waals surface area contributed by atoms with E-state index in [2.05, 4.69) is 0 Å². The van der Waals surface area contributed by atoms with Crippen molar-refractivity contribution in [1.82, 2.24) is 4.90 Å². The van der Waals surface area contributed by atoms with Crippen LogP contribution in [0.1, 0.15) is 51.4 Å². The van der Waals surface area contributed by atoms with Crippen LogP contribution < -0.4 is 0 Å². The van der Waals surface area contributed by atoms with Crippen LogP contribution in [0, 0.1) is 0 Å². The summed E-state index contributed by atoms with van der Waals surface area (Å²) >= 11 is 0. The van der Waals surface area contributed by atoms with E-state index in [1.54, 1.807) is 0 Å². The quantitative estimate of drug-likeness (QED) is 0.786. The first kappa shape index (κ1) is 15.6. The van der Waals surface area contributed by atoms with Gasteiger partial charge in [-0.3, -0.25) is 4.79 Å². The van der Waals surface area contributed by atoms with Gasteiger partial charge in [-0.15, -0.1) is 0 Å². The Morgan fingerprint density at radius 2 is 1.82 bits per heavy atom.